The molecule has 2 aliphatic heterocycles. The zero-order valence-corrected chi connectivity index (χ0v) is 23.6. The number of aliphatic hydroxyl groups is 1. The van der Waals surface area contributed by atoms with Gasteiger partial charge in [0, 0.05) is 44.9 Å². The molecule has 228 valence electrons. The van der Waals surface area contributed by atoms with Gasteiger partial charge in [-0.25, -0.2) is 4.79 Å². The van der Waals surface area contributed by atoms with Crippen LogP contribution in [0.5, 0.6) is 5.75 Å². The van der Waals surface area contributed by atoms with Crippen molar-refractivity contribution in [1.82, 2.24) is 4.90 Å². The summed E-state index contributed by atoms with van der Waals surface area (Å²) in [5.41, 5.74) is 0.759. The predicted molar refractivity (Wildman–Crippen MR) is 151 cm³/mol. The number of amides is 1. The van der Waals surface area contributed by atoms with Crippen molar-refractivity contribution < 1.29 is 49.1 Å². The zero-order chi connectivity index (χ0) is 30.7. The molecular formula is C30H38N2O10. The molecule has 0 aliphatic carbocycles. The molecule has 0 radical (unpaired) electrons. The second kappa shape index (κ2) is 15.3. The number of benzene rings is 2. The summed E-state index contributed by atoms with van der Waals surface area (Å²) >= 11 is 0. The Morgan fingerprint density at radius 3 is 2.19 bits per heavy atom. The average molecular weight is 587 g/mol. The van der Waals surface area contributed by atoms with Gasteiger partial charge in [0.15, 0.2) is 5.60 Å². The predicted octanol–water partition coefficient (Wildman–Crippen LogP) is 2.75. The molecule has 2 heterocycles. The largest absolute Gasteiger partial charge is 0.497 e. The van der Waals surface area contributed by atoms with Gasteiger partial charge in [0.05, 0.1) is 26.1 Å². The number of nitrogens with zero attached hydrogens (tertiary/aromatic N) is 2. The maximum Gasteiger partial charge on any atom is 0.336 e. The zero-order valence-electron chi connectivity index (χ0n) is 23.6. The van der Waals surface area contributed by atoms with Crippen LogP contribution in [0.3, 0.4) is 0 Å². The van der Waals surface area contributed by atoms with Crippen LogP contribution in [0.25, 0.3) is 0 Å². The van der Waals surface area contributed by atoms with Crippen LogP contribution in [-0.4, -0.2) is 87.7 Å². The number of carbonyl (C=O) groups is 4. The fourth-order valence-corrected chi connectivity index (χ4v) is 4.97. The summed E-state index contributed by atoms with van der Waals surface area (Å²) in [6, 6.07) is 16.7. The molecule has 2 aliphatic rings. The molecule has 2 aromatic rings. The lowest BCUT2D eigenvalue weighted by Crippen LogP contribution is -2.42. The molecule has 12 nitrogen and oxygen atoms in total. The Balaban J connectivity index is 0.000000316. The molecule has 0 spiro atoms. The van der Waals surface area contributed by atoms with Gasteiger partial charge in [-0.3, -0.25) is 19.3 Å². The number of anilines is 1. The van der Waals surface area contributed by atoms with Crippen LogP contribution in [0.4, 0.5) is 5.69 Å². The third-order valence-corrected chi connectivity index (χ3v) is 7.04. The summed E-state index contributed by atoms with van der Waals surface area (Å²) in [5, 5.41) is 33.8. The third kappa shape index (κ3) is 9.82. The monoisotopic (exact) mass is 586 g/mol. The minimum Gasteiger partial charge on any atom is -0.497 e. The minimum atomic E-state index is -2.74. The summed E-state index contributed by atoms with van der Waals surface area (Å²) in [6.07, 6.45) is 1.92. The number of ether oxygens (including phenoxy) is 2. The Morgan fingerprint density at radius 1 is 1.00 bits per heavy atom. The van der Waals surface area contributed by atoms with E-state index < -0.39 is 36.4 Å². The highest BCUT2D eigenvalue weighted by atomic mass is 16.5. The van der Waals surface area contributed by atoms with Crippen molar-refractivity contribution in [3.8, 4) is 5.75 Å². The van der Waals surface area contributed by atoms with E-state index in [2.05, 4.69) is 41.3 Å². The van der Waals surface area contributed by atoms with E-state index in [4.69, 9.17) is 29.9 Å². The summed E-state index contributed by atoms with van der Waals surface area (Å²) in [5.74, 6) is -3.90. The van der Waals surface area contributed by atoms with Gasteiger partial charge in [0.2, 0.25) is 5.91 Å². The summed E-state index contributed by atoms with van der Waals surface area (Å²) < 4.78 is 11.3. The standard InChI is InChI=1S/C24H30N2O3.C6H8O7/c1-28-22-6-2-5-20(15-22)17-25(18-23-7-4-14-29-23)16-19-9-11-21(12-10-19)26-13-3-8-24(26)27;7-3(8)1-6(13,5(11)12)2-4(9)10/h2,5-6,9-12,15,23H,3-4,7-8,13-14,16-18H2,1H3;13H,1-2H2,(H,7,8)(H,9,10)(H,11,12). The van der Waals surface area contributed by atoms with Crippen molar-refractivity contribution >= 4 is 29.5 Å². The van der Waals surface area contributed by atoms with Crippen molar-refractivity contribution in [2.45, 2.75) is 63.3 Å². The average Bonchev–Trinajstić information content (AvgIpc) is 3.60. The van der Waals surface area contributed by atoms with Gasteiger partial charge in [-0.15, -0.1) is 0 Å². The second-order valence-corrected chi connectivity index (χ2v) is 10.4. The van der Waals surface area contributed by atoms with Crippen LogP contribution in [0.15, 0.2) is 48.5 Å². The maximum absolute atomic E-state index is 12.0. The summed E-state index contributed by atoms with van der Waals surface area (Å²) in [6.45, 7) is 4.33. The van der Waals surface area contributed by atoms with Crippen LogP contribution in [-0.2, 0) is 37.0 Å². The molecule has 4 rings (SSSR count). The normalized spacial score (nSPS) is 16.7. The highest BCUT2D eigenvalue weighted by Crippen LogP contribution is 2.24. The molecular weight excluding hydrogens is 548 g/mol. The molecule has 42 heavy (non-hydrogen) atoms. The fraction of sp³-hybridized carbons (Fsp3) is 0.467. The van der Waals surface area contributed by atoms with Crippen LogP contribution in [0.2, 0.25) is 0 Å². The lowest BCUT2D eigenvalue weighted by Gasteiger charge is -2.26. The van der Waals surface area contributed by atoms with Crippen molar-refractivity contribution in [1.29, 1.82) is 0 Å². The van der Waals surface area contributed by atoms with Gasteiger partial charge < -0.3 is 34.8 Å². The fourth-order valence-electron chi connectivity index (χ4n) is 4.97. The first kappa shape index (κ1) is 32.5. The van der Waals surface area contributed by atoms with Crippen LogP contribution in [0, 0.1) is 0 Å². The Hall–Kier alpha value is -4.00. The van der Waals surface area contributed by atoms with Gasteiger partial charge in [-0.2, -0.15) is 0 Å². The molecule has 0 aromatic heterocycles. The number of hydrogen-bond donors (Lipinski definition) is 4. The lowest BCUT2D eigenvalue weighted by atomic mass is 9.96. The van der Waals surface area contributed by atoms with Crippen LogP contribution < -0.4 is 9.64 Å². The number of methoxy groups -OCH3 is 1. The van der Waals surface area contributed by atoms with Gasteiger partial charge in [0.1, 0.15) is 5.75 Å². The number of rotatable bonds is 13. The molecule has 0 saturated carbocycles. The van der Waals surface area contributed by atoms with E-state index in [-0.39, 0.29) is 5.91 Å². The smallest absolute Gasteiger partial charge is 0.336 e. The van der Waals surface area contributed by atoms with Crippen molar-refractivity contribution in [3.05, 3.63) is 59.7 Å². The number of carboxylic acid groups (broad SMARTS) is 3. The van der Waals surface area contributed by atoms with Crippen molar-refractivity contribution in [3.63, 3.8) is 0 Å². The number of carbonyl (C=O) groups excluding carboxylic acids is 1. The van der Waals surface area contributed by atoms with Crippen LogP contribution >= 0.6 is 0 Å². The van der Waals surface area contributed by atoms with E-state index in [1.165, 1.54) is 11.1 Å². The topological polar surface area (TPSA) is 174 Å². The van der Waals surface area contributed by atoms with E-state index in [0.717, 1.165) is 63.5 Å². The Labute approximate surface area is 244 Å². The Morgan fingerprint density at radius 2 is 1.67 bits per heavy atom. The summed E-state index contributed by atoms with van der Waals surface area (Å²) in [7, 11) is 1.70. The van der Waals surface area contributed by atoms with Gasteiger partial charge >= 0.3 is 17.9 Å². The molecule has 1 amide bonds. The first-order chi connectivity index (χ1) is 20.0. The van der Waals surface area contributed by atoms with E-state index in [1.807, 2.05) is 17.0 Å². The molecule has 2 saturated heterocycles. The lowest BCUT2D eigenvalue weighted by molar-refractivity contribution is -0.170. The maximum atomic E-state index is 12.0. The first-order valence-electron chi connectivity index (χ1n) is 13.7. The van der Waals surface area contributed by atoms with E-state index in [0.29, 0.717) is 12.5 Å². The molecule has 1 unspecified atom stereocenters. The SMILES string of the molecule is COc1cccc(CN(Cc2ccc(N3CCCC3=O)cc2)CC2CCCO2)c1.O=C(O)CC(O)(CC(=O)O)C(=O)O. The molecule has 2 fully saturated rings. The van der Waals surface area contributed by atoms with Crippen LogP contribution in [0.1, 0.15) is 49.7 Å². The van der Waals surface area contributed by atoms with Crippen molar-refractivity contribution in [2.24, 2.45) is 0 Å². The van der Waals surface area contributed by atoms with Gasteiger partial charge in [-0.1, -0.05) is 24.3 Å². The van der Waals surface area contributed by atoms with Gasteiger partial charge in [0.25, 0.3) is 0 Å². The van der Waals surface area contributed by atoms with E-state index in [1.54, 1.807) is 7.11 Å². The molecule has 2 aromatic carbocycles. The Kier molecular flexibility index (Phi) is 11.8. The molecule has 12 heteroatoms. The van der Waals surface area contributed by atoms with Gasteiger partial charge in [-0.05, 0) is 54.7 Å². The quantitative estimate of drug-likeness (QED) is 0.272. The van der Waals surface area contributed by atoms with E-state index in [9.17, 15) is 19.2 Å². The Bertz CT molecular complexity index is 1210. The molecule has 0 bridgehead atoms. The van der Waals surface area contributed by atoms with Crippen molar-refractivity contribution in [2.75, 3.05) is 31.7 Å². The minimum absolute atomic E-state index is 0.232. The number of carboxylic acids is 3. The first-order valence-corrected chi connectivity index (χ1v) is 13.7. The number of hydrogen-bond acceptors (Lipinski definition) is 8. The number of aliphatic carboxylic acids is 3. The van der Waals surface area contributed by atoms with E-state index >= 15 is 0 Å². The summed E-state index contributed by atoms with van der Waals surface area (Å²) in [4.78, 5) is 46.8. The third-order valence-electron chi connectivity index (χ3n) is 7.04. The second-order valence-electron chi connectivity index (χ2n) is 10.4. The highest BCUT2D eigenvalue weighted by Gasteiger charge is 2.40. The molecule has 1 atom stereocenters. The highest BCUT2D eigenvalue weighted by molar-refractivity contribution is 5.95. The molecule has 4 N–H and O–H groups in total.